The van der Waals surface area contributed by atoms with Crippen LogP contribution >= 0.6 is 11.6 Å². The lowest BCUT2D eigenvalue weighted by Crippen LogP contribution is -2.21. The van der Waals surface area contributed by atoms with Gasteiger partial charge in [0.25, 0.3) is 5.91 Å². The number of carbonyl (C=O) groups excluding carboxylic acids is 1. The highest BCUT2D eigenvalue weighted by molar-refractivity contribution is 6.32. The summed E-state index contributed by atoms with van der Waals surface area (Å²) < 4.78 is 10.6. The molecule has 1 fully saturated rings. The smallest absolute Gasteiger partial charge is 0.255 e. The third-order valence-electron chi connectivity index (χ3n) is 3.71. The van der Waals surface area contributed by atoms with Gasteiger partial charge in [-0.2, -0.15) is 0 Å². The fourth-order valence-electron chi connectivity index (χ4n) is 2.22. The molecule has 1 aromatic carbocycles. The maximum atomic E-state index is 10.8. The van der Waals surface area contributed by atoms with Crippen LogP contribution < -0.4 is 20.5 Å². The lowest BCUT2D eigenvalue weighted by Gasteiger charge is -2.14. The van der Waals surface area contributed by atoms with Crippen molar-refractivity contribution in [3.05, 3.63) is 22.7 Å². The van der Waals surface area contributed by atoms with Gasteiger partial charge in [-0.3, -0.25) is 4.79 Å². The van der Waals surface area contributed by atoms with Crippen LogP contribution in [0.1, 0.15) is 25.8 Å². The van der Waals surface area contributed by atoms with Crippen LogP contribution in [0.25, 0.3) is 0 Å². The van der Waals surface area contributed by atoms with Crippen molar-refractivity contribution in [1.29, 1.82) is 0 Å². The van der Waals surface area contributed by atoms with Crippen molar-refractivity contribution in [3.8, 4) is 11.5 Å². The van der Waals surface area contributed by atoms with E-state index in [1.807, 2.05) is 12.1 Å². The van der Waals surface area contributed by atoms with Gasteiger partial charge in [0.15, 0.2) is 18.1 Å². The molecule has 116 valence electrons. The number of ether oxygens (including phenoxy) is 2. The van der Waals surface area contributed by atoms with Crippen molar-refractivity contribution >= 4 is 17.5 Å². The van der Waals surface area contributed by atoms with Gasteiger partial charge in [0.05, 0.1) is 12.1 Å². The molecule has 0 spiro atoms. The van der Waals surface area contributed by atoms with E-state index in [1.54, 1.807) is 0 Å². The fourth-order valence-corrected chi connectivity index (χ4v) is 2.50. The number of amides is 1. The Hall–Kier alpha value is -1.46. The monoisotopic (exact) mass is 312 g/mol. The molecule has 3 N–H and O–H groups in total. The highest BCUT2D eigenvalue weighted by Crippen LogP contribution is 2.45. The van der Waals surface area contributed by atoms with E-state index in [2.05, 4.69) is 19.2 Å². The van der Waals surface area contributed by atoms with E-state index in [-0.39, 0.29) is 6.61 Å². The van der Waals surface area contributed by atoms with E-state index in [0.29, 0.717) is 34.5 Å². The van der Waals surface area contributed by atoms with Crippen LogP contribution in [0.15, 0.2) is 12.1 Å². The minimum Gasteiger partial charge on any atom is -0.493 e. The molecule has 0 heterocycles. The normalized spacial score (nSPS) is 19.1. The highest BCUT2D eigenvalue weighted by Gasteiger charge is 2.44. The third-order valence-corrected chi connectivity index (χ3v) is 3.99. The van der Waals surface area contributed by atoms with Crippen LogP contribution in [0, 0.1) is 5.41 Å². The third kappa shape index (κ3) is 4.02. The molecule has 1 amide bonds. The van der Waals surface area contributed by atoms with Gasteiger partial charge in [-0.15, -0.1) is 0 Å². The molecule has 1 aliphatic rings. The predicted molar refractivity (Wildman–Crippen MR) is 81.7 cm³/mol. The molecule has 0 bridgehead atoms. The summed E-state index contributed by atoms with van der Waals surface area (Å²) in [4.78, 5) is 10.8. The second-order valence-electron chi connectivity index (χ2n) is 5.99. The van der Waals surface area contributed by atoms with Gasteiger partial charge < -0.3 is 20.5 Å². The Bertz CT molecular complexity index is 546. The van der Waals surface area contributed by atoms with Crippen LogP contribution in [0.5, 0.6) is 11.5 Å². The lowest BCUT2D eigenvalue weighted by molar-refractivity contribution is -0.119. The summed E-state index contributed by atoms with van der Waals surface area (Å²) in [7, 11) is 1.53. The first-order chi connectivity index (χ1) is 9.83. The summed E-state index contributed by atoms with van der Waals surface area (Å²) in [6.07, 6.45) is 1.18. The fraction of sp³-hybridized carbons (Fsp3) is 0.533. The zero-order valence-electron chi connectivity index (χ0n) is 12.5. The molecule has 0 radical (unpaired) electrons. The summed E-state index contributed by atoms with van der Waals surface area (Å²) in [5.41, 5.74) is 6.45. The molecule has 1 saturated carbocycles. The predicted octanol–water partition coefficient (Wildman–Crippen LogP) is 2.10. The summed E-state index contributed by atoms with van der Waals surface area (Å²) in [6.45, 7) is 4.95. The minimum absolute atomic E-state index is 0.232. The maximum absolute atomic E-state index is 10.8. The summed E-state index contributed by atoms with van der Waals surface area (Å²) >= 11 is 6.20. The second-order valence-corrected chi connectivity index (χ2v) is 6.40. The average molecular weight is 313 g/mol. The van der Waals surface area contributed by atoms with Crippen molar-refractivity contribution in [1.82, 2.24) is 5.32 Å². The Morgan fingerprint density at radius 1 is 1.52 bits per heavy atom. The van der Waals surface area contributed by atoms with Crippen LogP contribution in [-0.2, 0) is 11.3 Å². The van der Waals surface area contributed by atoms with Crippen LogP contribution in [0.4, 0.5) is 0 Å². The standard InChI is InChI=1S/C15H21ClN2O3/c1-15(2)6-12(15)18-7-9-4-10(16)14(11(5-9)20-3)21-8-13(17)19/h4-5,12,18H,6-8H2,1-3H3,(H2,17,19). The topological polar surface area (TPSA) is 73.6 Å². The molecule has 21 heavy (non-hydrogen) atoms. The van der Waals surface area contributed by atoms with E-state index in [4.69, 9.17) is 26.8 Å². The largest absolute Gasteiger partial charge is 0.493 e. The number of primary amides is 1. The summed E-state index contributed by atoms with van der Waals surface area (Å²) in [5.74, 6) is 0.277. The van der Waals surface area contributed by atoms with Crippen molar-refractivity contribution in [2.45, 2.75) is 32.9 Å². The van der Waals surface area contributed by atoms with Crippen LogP contribution in [0.2, 0.25) is 5.02 Å². The molecule has 0 aromatic heterocycles. The average Bonchev–Trinajstić information content (AvgIpc) is 3.01. The number of methoxy groups -OCH3 is 1. The van der Waals surface area contributed by atoms with E-state index < -0.39 is 5.91 Å². The van der Waals surface area contributed by atoms with Crippen molar-refractivity contribution in [3.63, 3.8) is 0 Å². The Morgan fingerprint density at radius 3 is 2.71 bits per heavy atom. The lowest BCUT2D eigenvalue weighted by atomic mass is 10.1. The number of hydrogen-bond acceptors (Lipinski definition) is 4. The van der Waals surface area contributed by atoms with Gasteiger partial charge in [-0.05, 0) is 29.5 Å². The quantitative estimate of drug-likeness (QED) is 0.808. The van der Waals surface area contributed by atoms with E-state index in [1.165, 1.54) is 13.5 Å². The van der Waals surface area contributed by atoms with E-state index in [0.717, 1.165) is 5.56 Å². The van der Waals surface area contributed by atoms with Gasteiger partial charge in [-0.1, -0.05) is 25.4 Å². The number of nitrogens with two attached hydrogens (primary N) is 1. The van der Waals surface area contributed by atoms with Gasteiger partial charge in [0, 0.05) is 12.6 Å². The van der Waals surface area contributed by atoms with Crippen LogP contribution in [0.3, 0.4) is 0 Å². The van der Waals surface area contributed by atoms with Crippen molar-refractivity contribution in [2.24, 2.45) is 11.1 Å². The SMILES string of the molecule is COc1cc(CNC2CC2(C)C)cc(Cl)c1OCC(N)=O. The first kappa shape index (κ1) is 15.9. The summed E-state index contributed by atoms with van der Waals surface area (Å²) in [6, 6.07) is 4.20. The van der Waals surface area contributed by atoms with Crippen molar-refractivity contribution in [2.75, 3.05) is 13.7 Å². The van der Waals surface area contributed by atoms with E-state index in [9.17, 15) is 4.79 Å². The van der Waals surface area contributed by atoms with Gasteiger partial charge in [0.1, 0.15) is 0 Å². The zero-order chi connectivity index (χ0) is 15.6. The number of nitrogens with one attached hydrogen (secondary N) is 1. The molecule has 5 nitrogen and oxygen atoms in total. The molecule has 1 aliphatic carbocycles. The molecule has 2 rings (SSSR count). The van der Waals surface area contributed by atoms with E-state index >= 15 is 0 Å². The van der Waals surface area contributed by atoms with Crippen molar-refractivity contribution < 1.29 is 14.3 Å². The zero-order valence-corrected chi connectivity index (χ0v) is 13.3. The molecule has 6 heteroatoms. The Labute approximate surface area is 129 Å². The Kier molecular flexibility index (Phi) is 4.64. The molecular weight excluding hydrogens is 292 g/mol. The Balaban J connectivity index is 2.06. The first-order valence-corrected chi connectivity index (χ1v) is 7.22. The summed E-state index contributed by atoms with van der Waals surface area (Å²) in [5, 5.41) is 3.89. The second kappa shape index (κ2) is 6.12. The van der Waals surface area contributed by atoms with Crippen LogP contribution in [-0.4, -0.2) is 25.7 Å². The van der Waals surface area contributed by atoms with Gasteiger partial charge in [-0.25, -0.2) is 0 Å². The molecule has 1 unspecified atom stereocenters. The molecule has 1 atom stereocenters. The first-order valence-electron chi connectivity index (χ1n) is 6.84. The number of halogens is 1. The number of rotatable bonds is 7. The number of hydrogen-bond donors (Lipinski definition) is 2. The highest BCUT2D eigenvalue weighted by atomic mass is 35.5. The Morgan fingerprint density at radius 2 is 2.19 bits per heavy atom. The number of benzene rings is 1. The molecule has 0 saturated heterocycles. The molecular formula is C15H21ClN2O3. The minimum atomic E-state index is -0.560. The molecule has 1 aromatic rings. The van der Waals surface area contributed by atoms with Gasteiger partial charge >= 0.3 is 0 Å². The van der Waals surface area contributed by atoms with Gasteiger partial charge in [0.2, 0.25) is 0 Å². The maximum Gasteiger partial charge on any atom is 0.255 e. The molecule has 0 aliphatic heterocycles. The number of carbonyl (C=O) groups is 1.